The van der Waals surface area contributed by atoms with Crippen molar-refractivity contribution in [2.24, 2.45) is 0 Å². The lowest BCUT2D eigenvalue weighted by Crippen LogP contribution is -2.48. The van der Waals surface area contributed by atoms with Gasteiger partial charge < -0.3 is 19.7 Å². The number of carboxylic acid groups (broad SMARTS) is 1. The van der Waals surface area contributed by atoms with Crippen LogP contribution in [0, 0.1) is 0 Å². The monoisotopic (exact) mass is 295 g/mol. The zero-order valence-electron chi connectivity index (χ0n) is 12.1. The van der Waals surface area contributed by atoms with Gasteiger partial charge in [-0.05, 0) is 17.7 Å². The molecule has 1 fully saturated rings. The van der Waals surface area contributed by atoms with Crippen molar-refractivity contribution in [1.82, 2.24) is 4.90 Å². The Labute approximate surface area is 123 Å². The summed E-state index contributed by atoms with van der Waals surface area (Å²) in [4.78, 5) is 12.9. The molecule has 0 saturated carbocycles. The summed E-state index contributed by atoms with van der Waals surface area (Å²) in [6.45, 7) is 1.95. The van der Waals surface area contributed by atoms with E-state index in [1.165, 1.54) is 0 Å². The topological polar surface area (TPSA) is 79.2 Å². The van der Waals surface area contributed by atoms with Gasteiger partial charge in [0.15, 0.2) is 0 Å². The van der Waals surface area contributed by atoms with Crippen molar-refractivity contribution in [1.29, 1.82) is 0 Å². The van der Waals surface area contributed by atoms with Gasteiger partial charge in [0.05, 0.1) is 32.8 Å². The number of hydrogen-bond acceptors (Lipinski definition) is 5. The van der Waals surface area contributed by atoms with Gasteiger partial charge in [0, 0.05) is 19.1 Å². The van der Waals surface area contributed by atoms with Crippen LogP contribution in [-0.4, -0.2) is 60.5 Å². The molecule has 0 spiro atoms. The van der Waals surface area contributed by atoms with Crippen molar-refractivity contribution in [3.8, 4) is 5.75 Å². The molecule has 2 unspecified atom stereocenters. The number of carbonyl (C=O) groups is 1. The van der Waals surface area contributed by atoms with Gasteiger partial charge in [0.2, 0.25) is 0 Å². The Hall–Kier alpha value is -1.63. The summed E-state index contributed by atoms with van der Waals surface area (Å²) in [7, 11) is 1.58. The molecule has 0 bridgehead atoms. The molecule has 1 saturated heterocycles. The first-order chi connectivity index (χ1) is 10.1. The number of aliphatic carboxylic acids is 1. The van der Waals surface area contributed by atoms with Crippen molar-refractivity contribution in [2.45, 2.75) is 18.6 Å². The maximum Gasteiger partial charge on any atom is 0.305 e. The summed E-state index contributed by atoms with van der Waals surface area (Å²) >= 11 is 0. The third-order valence-electron chi connectivity index (χ3n) is 3.65. The van der Waals surface area contributed by atoms with Gasteiger partial charge in [-0.25, -0.2) is 0 Å². The second kappa shape index (κ2) is 7.40. The summed E-state index contributed by atoms with van der Waals surface area (Å²) in [5.74, 6) is -0.165. The van der Waals surface area contributed by atoms with Gasteiger partial charge in [0.25, 0.3) is 0 Å². The molecular formula is C15H21NO5. The molecule has 2 N–H and O–H groups in total. The average Bonchev–Trinajstić information content (AvgIpc) is 2.48. The van der Waals surface area contributed by atoms with E-state index in [0.717, 1.165) is 5.56 Å². The number of morpholine rings is 1. The Bertz CT molecular complexity index is 479. The lowest BCUT2D eigenvalue weighted by Gasteiger charge is -2.36. The molecule has 0 amide bonds. The van der Waals surface area contributed by atoms with Crippen LogP contribution in [0.4, 0.5) is 0 Å². The number of rotatable bonds is 6. The molecule has 2 rings (SSSR count). The van der Waals surface area contributed by atoms with Gasteiger partial charge in [-0.15, -0.1) is 0 Å². The van der Waals surface area contributed by atoms with Crippen LogP contribution in [0.3, 0.4) is 0 Å². The highest BCUT2D eigenvalue weighted by Crippen LogP contribution is 2.22. The normalized spacial score (nSPS) is 21.0. The van der Waals surface area contributed by atoms with Crippen LogP contribution >= 0.6 is 0 Å². The number of nitrogens with zero attached hydrogens (tertiary/aromatic N) is 1. The van der Waals surface area contributed by atoms with Gasteiger partial charge in [0.1, 0.15) is 5.75 Å². The molecule has 6 nitrogen and oxygen atoms in total. The molecule has 0 radical (unpaired) electrons. The predicted octanol–water partition coefficient (Wildman–Crippen LogP) is 0.904. The largest absolute Gasteiger partial charge is 0.497 e. The highest BCUT2D eigenvalue weighted by Gasteiger charge is 2.27. The molecule has 1 heterocycles. The second-order valence-electron chi connectivity index (χ2n) is 5.11. The zero-order valence-corrected chi connectivity index (χ0v) is 12.1. The molecule has 6 heteroatoms. The second-order valence-corrected chi connectivity index (χ2v) is 5.11. The lowest BCUT2D eigenvalue weighted by molar-refractivity contribution is -0.140. The minimum absolute atomic E-state index is 0.0187. The maximum absolute atomic E-state index is 10.9. The Kier molecular flexibility index (Phi) is 5.55. The zero-order chi connectivity index (χ0) is 15.2. The number of carboxylic acids is 1. The maximum atomic E-state index is 10.9. The molecule has 0 aromatic heterocycles. The van der Waals surface area contributed by atoms with Gasteiger partial charge in [-0.2, -0.15) is 0 Å². The Balaban J connectivity index is 2.01. The van der Waals surface area contributed by atoms with Crippen LogP contribution in [-0.2, 0) is 9.53 Å². The first kappa shape index (κ1) is 15.8. The standard InChI is InChI=1S/C15H21NO5/c1-20-13-4-2-3-11(7-13)14(17)9-16-5-6-21-10-12(16)8-15(18)19/h2-4,7,12,14,17H,5-6,8-10H2,1H3,(H,18,19). The average molecular weight is 295 g/mol. The fourth-order valence-electron chi connectivity index (χ4n) is 2.50. The minimum atomic E-state index is -0.855. The van der Waals surface area contributed by atoms with Crippen molar-refractivity contribution in [2.75, 3.05) is 33.4 Å². The first-order valence-corrected chi connectivity index (χ1v) is 6.95. The van der Waals surface area contributed by atoms with Gasteiger partial charge in [-0.1, -0.05) is 12.1 Å². The molecule has 116 valence electrons. The van der Waals surface area contributed by atoms with Crippen molar-refractivity contribution >= 4 is 5.97 Å². The molecule has 1 aromatic carbocycles. The third-order valence-corrected chi connectivity index (χ3v) is 3.65. The Morgan fingerprint density at radius 3 is 3.10 bits per heavy atom. The summed E-state index contributed by atoms with van der Waals surface area (Å²) in [5.41, 5.74) is 0.759. The fourth-order valence-corrected chi connectivity index (χ4v) is 2.50. The van der Waals surface area contributed by atoms with Crippen molar-refractivity contribution in [3.63, 3.8) is 0 Å². The summed E-state index contributed by atoms with van der Waals surface area (Å²) < 4.78 is 10.5. The highest BCUT2D eigenvalue weighted by atomic mass is 16.5. The van der Waals surface area contributed by atoms with Crippen molar-refractivity contribution < 1.29 is 24.5 Å². The number of methoxy groups -OCH3 is 1. The highest BCUT2D eigenvalue weighted by molar-refractivity contribution is 5.67. The quantitative estimate of drug-likeness (QED) is 0.812. The molecule has 0 aliphatic carbocycles. The fraction of sp³-hybridized carbons (Fsp3) is 0.533. The molecule has 1 aliphatic heterocycles. The van der Waals surface area contributed by atoms with Crippen LogP contribution < -0.4 is 4.74 Å². The van der Waals surface area contributed by atoms with Crippen LogP contribution in [0.1, 0.15) is 18.1 Å². The van der Waals surface area contributed by atoms with Crippen molar-refractivity contribution in [3.05, 3.63) is 29.8 Å². The van der Waals surface area contributed by atoms with E-state index in [1.54, 1.807) is 13.2 Å². The number of aliphatic hydroxyl groups excluding tert-OH is 1. The summed E-state index contributed by atoms with van der Waals surface area (Å²) in [5, 5.41) is 19.3. The minimum Gasteiger partial charge on any atom is -0.497 e. The number of aliphatic hydroxyl groups is 1. The number of ether oxygens (including phenoxy) is 2. The van der Waals surface area contributed by atoms with E-state index in [2.05, 4.69) is 0 Å². The van der Waals surface area contributed by atoms with E-state index in [4.69, 9.17) is 14.6 Å². The lowest BCUT2D eigenvalue weighted by atomic mass is 10.1. The molecule has 1 aliphatic rings. The summed E-state index contributed by atoms with van der Waals surface area (Å²) in [6, 6.07) is 7.07. The molecule has 2 atom stereocenters. The number of hydrogen-bond donors (Lipinski definition) is 2. The van der Waals surface area contributed by atoms with E-state index in [1.807, 2.05) is 23.1 Å². The number of benzene rings is 1. The van der Waals surface area contributed by atoms with Crippen LogP contribution in [0.15, 0.2) is 24.3 Å². The Morgan fingerprint density at radius 1 is 1.57 bits per heavy atom. The van der Waals surface area contributed by atoms with Crippen LogP contribution in [0.2, 0.25) is 0 Å². The molecule has 1 aromatic rings. The van der Waals surface area contributed by atoms with Gasteiger partial charge >= 0.3 is 5.97 Å². The summed E-state index contributed by atoms with van der Waals surface area (Å²) in [6.07, 6.45) is -0.667. The van der Waals surface area contributed by atoms with E-state index in [0.29, 0.717) is 32.1 Å². The van der Waals surface area contributed by atoms with Gasteiger partial charge in [-0.3, -0.25) is 9.69 Å². The first-order valence-electron chi connectivity index (χ1n) is 6.95. The van der Waals surface area contributed by atoms with E-state index in [-0.39, 0.29) is 12.5 Å². The molecular weight excluding hydrogens is 274 g/mol. The third kappa shape index (κ3) is 4.42. The molecule has 21 heavy (non-hydrogen) atoms. The van der Waals surface area contributed by atoms with Crippen LogP contribution in [0.5, 0.6) is 5.75 Å². The van der Waals surface area contributed by atoms with E-state index >= 15 is 0 Å². The number of β-amino-alcohol motifs (C(OH)–C–C–N with tert-alkyl or cyclic N) is 1. The van der Waals surface area contributed by atoms with E-state index < -0.39 is 12.1 Å². The Morgan fingerprint density at radius 2 is 2.38 bits per heavy atom. The predicted molar refractivity (Wildman–Crippen MR) is 76.4 cm³/mol. The van der Waals surface area contributed by atoms with Crippen LogP contribution in [0.25, 0.3) is 0 Å². The smallest absolute Gasteiger partial charge is 0.305 e. The van der Waals surface area contributed by atoms with E-state index in [9.17, 15) is 9.90 Å². The SMILES string of the molecule is COc1cccc(C(O)CN2CCOCC2CC(=O)O)c1.